The van der Waals surface area contributed by atoms with Crippen LogP contribution in [0, 0.1) is 6.92 Å². The third-order valence-electron chi connectivity index (χ3n) is 5.94. The number of H-pyrrole nitrogens is 1. The molecule has 0 aliphatic carbocycles. The van der Waals surface area contributed by atoms with Gasteiger partial charge in [0.2, 0.25) is 5.91 Å². The molecule has 2 heterocycles. The van der Waals surface area contributed by atoms with Crippen molar-refractivity contribution in [1.29, 1.82) is 0 Å². The minimum atomic E-state index is 0.0789. The molecule has 3 nitrogen and oxygen atoms in total. The lowest BCUT2D eigenvalue weighted by molar-refractivity contribution is -0.129. The molecule has 0 saturated carbocycles. The van der Waals surface area contributed by atoms with E-state index in [0.717, 1.165) is 17.6 Å². The highest BCUT2D eigenvalue weighted by molar-refractivity contribution is 5.92. The van der Waals surface area contributed by atoms with Gasteiger partial charge in [-0.1, -0.05) is 78.4 Å². The average molecular weight is 380 g/mol. The summed E-state index contributed by atoms with van der Waals surface area (Å²) in [6.07, 6.45) is 1.46. The monoisotopic (exact) mass is 380 g/mol. The number of carbonyl (C=O) groups is 1. The van der Waals surface area contributed by atoms with Gasteiger partial charge in [-0.25, -0.2) is 0 Å². The van der Waals surface area contributed by atoms with Gasteiger partial charge in [-0.05, 0) is 30.5 Å². The van der Waals surface area contributed by atoms with Crippen LogP contribution in [0.5, 0.6) is 0 Å². The summed E-state index contributed by atoms with van der Waals surface area (Å²) in [6.45, 7) is 2.75. The number of fused-ring (bicyclic) bond motifs is 1. The van der Waals surface area contributed by atoms with Crippen molar-refractivity contribution in [3.05, 3.63) is 95.6 Å². The zero-order valence-electron chi connectivity index (χ0n) is 16.6. The number of amides is 1. The number of likely N-dealkylation sites (tertiary alicyclic amines) is 1. The second-order valence-electron chi connectivity index (χ2n) is 7.89. The number of benzene rings is 3. The molecule has 5 rings (SSSR count). The average Bonchev–Trinajstić information content (AvgIpc) is 3.30. The van der Waals surface area contributed by atoms with Crippen molar-refractivity contribution in [2.24, 2.45) is 0 Å². The maximum Gasteiger partial charge on any atom is 0.223 e. The van der Waals surface area contributed by atoms with E-state index in [1.54, 1.807) is 0 Å². The molecule has 144 valence electrons. The number of hydrogen-bond acceptors (Lipinski definition) is 1. The number of rotatable bonds is 4. The second-order valence-corrected chi connectivity index (χ2v) is 7.89. The van der Waals surface area contributed by atoms with Crippen molar-refractivity contribution in [2.45, 2.75) is 32.4 Å². The first-order valence-electron chi connectivity index (χ1n) is 10.2. The Bertz CT molecular complexity index is 1160. The van der Waals surface area contributed by atoms with Crippen molar-refractivity contribution in [3.8, 4) is 11.3 Å². The molecule has 1 aliphatic heterocycles. The summed E-state index contributed by atoms with van der Waals surface area (Å²) in [5, 5.41) is 1.21. The Morgan fingerprint density at radius 3 is 2.45 bits per heavy atom. The SMILES string of the molecule is Cc1ccc(-c2[nH]c3ccccc3c2[C@@H]2CCC(=O)N2Cc2ccccc2)cc1. The lowest BCUT2D eigenvalue weighted by atomic mass is 9.96. The number of para-hydroxylation sites is 1. The topological polar surface area (TPSA) is 36.1 Å². The maximum absolute atomic E-state index is 12.8. The fourth-order valence-electron chi connectivity index (χ4n) is 4.47. The molecule has 0 bridgehead atoms. The zero-order chi connectivity index (χ0) is 19.8. The predicted octanol–water partition coefficient (Wildman–Crippen LogP) is 6.01. The number of aromatic amines is 1. The van der Waals surface area contributed by atoms with E-state index < -0.39 is 0 Å². The van der Waals surface area contributed by atoms with Gasteiger partial charge in [-0.3, -0.25) is 4.79 Å². The van der Waals surface area contributed by atoms with E-state index in [2.05, 4.69) is 77.5 Å². The third-order valence-corrected chi connectivity index (χ3v) is 5.94. The summed E-state index contributed by atoms with van der Waals surface area (Å²) < 4.78 is 0. The van der Waals surface area contributed by atoms with Crippen molar-refractivity contribution < 1.29 is 4.79 Å². The summed E-state index contributed by atoms with van der Waals surface area (Å²) in [5.41, 5.74) is 7.07. The molecule has 4 aromatic rings. The molecule has 1 fully saturated rings. The van der Waals surface area contributed by atoms with Crippen LogP contribution in [0.1, 0.15) is 35.6 Å². The second kappa shape index (κ2) is 7.25. The van der Waals surface area contributed by atoms with Gasteiger partial charge >= 0.3 is 0 Å². The molecular formula is C26H24N2O. The largest absolute Gasteiger partial charge is 0.354 e. The van der Waals surface area contributed by atoms with Gasteiger partial charge in [0.25, 0.3) is 0 Å². The smallest absolute Gasteiger partial charge is 0.223 e. The number of carbonyl (C=O) groups excluding carboxylic acids is 1. The number of hydrogen-bond donors (Lipinski definition) is 1. The molecule has 1 N–H and O–H groups in total. The Morgan fingerprint density at radius 1 is 0.931 bits per heavy atom. The minimum absolute atomic E-state index is 0.0789. The quantitative estimate of drug-likeness (QED) is 0.463. The van der Waals surface area contributed by atoms with E-state index >= 15 is 0 Å². The van der Waals surface area contributed by atoms with Gasteiger partial charge in [-0.2, -0.15) is 0 Å². The highest BCUT2D eigenvalue weighted by atomic mass is 16.2. The van der Waals surface area contributed by atoms with Gasteiger partial charge < -0.3 is 9.88 Å². The first-order valence-corrected chi connectivity index (χ1v) is 10.2. The molecule has 3 heteroatoms. The summed E-state index contributed by atoms with van der Waals surface area (Å²) in [5.74, 6) is 0.235. The zero-order valence-corrected chi connectivity index (χ0v) is 16.6. The van der Waals surface area contributed by atoms with Gasteiger partial charge in [0.05, 0.1) is 11.7 Å². The molecule has 1 aliphatic rings. The Morgan fingerprint density at radius 2 is 1.66 bits per heavy atom. The van der Waals surface area contributed by atoms with Gasteiger partial charge in [0.1, 0.15) is 0 Å². The molecule has 29 heavy (non-hydrogen) atoms. The Kier molecular flexibility index (Phi) is 4.44. The first-order chi connectivity index (χ1) is 14.2. The van der Waals surface area contributed by atoms with Crippen LogP contribution in [0.2, 0.25) is 0 Å². The highest BCUT2D eigenvalue weighted by Crippen LogP contribution is 2.43. The summed E-state index contributed by atoms with van der Waals surface area (Å²) in [6, 6.07) is 27.4. The number of nitrogens with zero attached hydrogens (tertiary/aromatic N) is 1. The maximum atomic E-state index is 12.8. The molecule has 0 unspecified atom stereocenters. The van der Waals surface area contributed by atoms with Crippen LogP contribution < -0.4 is 0 Å². The number of aryl methyl sites for hydroxylation is 1. The van der Waals surface area contributed by atoms with Crippen LogP contribution in [0.4, 0.5) is 0 Å². The molecule has 1 atom stereocenters. The van der Waals surface area contributed by atoms with Gasteiger partial charge in [0, 0.05) is 29.4 Å². The fourth-order valence-corrected chi connectivity index (χ4v) is 4.47. The highest BCUT2D eigenvalue weighted by Gasteiger charge is 2.35. The summed E-state index contributed by atoms with van der Waals surface area (Å²) in [4.78, 5) is 18.5. The van der Waals surface area contributed by atoms with Crippen molar-refractivity contribution >= 4 is 16.8 Å². The molecule has 1 amide bonds. The van der Waals surface area contributed by atoms with E-state index in [9.17, 15) is 4.79 Å². The van der Waals surface area contributed by atoms with Crippen LogP contribution in [0.15, 0.2) is 78.9 Å². The van der Waals surface area contributed by atoms with Crippen LogP contribution in [-0.2, 0) is 11.3 Å². The third kappa shape index (κ3) is 3.23. The molecule has 0 radical (unpaired) electrons. The Labute approximate surface area is 171 Å². The molecule has 3 aromatic carbocycles. The molecule has 0 spiro atoms. The lowest BCUT2D eigenvalue weighted by Gasteiger charge is -2.26. The first kappa shape index (κ1) is 17.7. The molecule has 1 saturated heterocycles. The summed E-state index contributed by atoms with van der Waals surface area (Å²) >= 11 is 0. The van der Waals surface area contributed by atoms with E-state index in [-0.39, 0.29) is 11.9 Å². The van der Waals surface area contributed by atoms with Crippen LogP contribution >= 0.6 is 0 Å². The molecular weight excluding hydrogens is 356 g/mol. The van der Waals surface area contributed by atoms with E-state index in [4.69, 9.17) is 0 Å². The van der Waals surface area contributed by atoms with E-state index in [1.165, 1.54) is 27.6 Å². The van der Waals surface area contributed by atoms with Crippen molar-refractivity contribution in [2.75, 3.05) is 0 Å². The Hall–Kier alpha value is -3.33. The van der Waals surface area contributed by atoms with Crippen LogP contribution in [-0.4, -0.2) is 15.8 Å². The van der Waals surface area contributed by atoms with Crippen molar-refractivity contribution in [3.63, 3.8) is 0 Å². The molecule has 1 aromatic heterocycles. The minimum Gasteiger partial charge on any atom is -0.354 e. The van der Waals surface area contributed by atoms with E-state index in [0.29, 0.717) is 13.0 Å². The number of aromatic nitrogens is 1. The van der Waals surface area contributed by atoms with Crippen LogP contribution in [0.25, 0.3) is 22.2 Å². The van der Waals surface area contributed by atoms with Crippen molar-refractivity contribution in [1.82, 2.24) is 9.88 Å². The normalized spacial score (nSPS) is 16.7. The lowest BCUT2D eigenvalue weighted by Crippen LogP contribution is -2.27. The Balaban J connectivity index is 1.64. The van der Waals surface area contributed by atoms with E-state index in [1.807, 2.05) is 18.2 Å². The fraction of sp³-hybridized carbons (Fsp3) is 0.192. The van der Waals surface area contributed by atoms with Gasteiger partial charge in [-0.15, -0.1) is 0 Å². The van der Waals surface area contributed by atoms with Crippen LogP contribution in [0.3, 0.4) is 0 Å². The standard InChI is InChI=1S/C26H24N2O/c1-18-11-13-20(14-12-18)26-25(21-9-5-6-10-22(21)27-26)23-15-16-24(29)28(23)17-19-7-3-2-4-8-19/h2-14,23,27H,15-17H2,1H3/t23-/m0/s1. The van der Waals surface area contributed by atoms with Gasteiger partial charge in [0.15, 0.2) is 0 Å². The number of nitrogens with one attached hydrogen (secondary N) is 1. The summed E-state index contributed by atoms with van der Waals surface area (Å²) in [7, 11) is 0. The predicted molar refractivity (Wildman–Crippen MR) is 117 cm³/mol.